The maximum Gasteiger partial charge on any atom is 0.410 e. The Hall–Kier alpha value is -2.90. The van der Waals surface area contributed by atoms with Gasteiger partial charge in [0.05, 0.1) is 0 Å². The van der Waals surface area contributed by atoms with E-state index in [1.807, 2.05) is 56.0 Å². The standard InChI is InChI=1S/C25H32N4O3/c1-25(2,3)32-24(30)29-12-4-11-28(13-14-29)17-19-7-10-22-21(15-19)27-23(31-22)20-8-5-18(16-26)6-9-20/h5-10,15H,4,11-14,16-17,26H2,1-3H3. The van der Waals surface area contributed by atoms with Crippen LogP contribution in [0.1, 0.15) is 38.3 Å². The molecule has 1 aromatic heterocycles. The molecule has 0 saturated carbocycles. The molecule has 2 N–H and O–H groups in total. The number of ether oxygens (including phenoxy) is 1. The molecule has 0 radical (unpaired) electrons. The Morgan fingerprint density at radius 2 is 1.81 bits per heavy atom. The van der Waals surface area contributed by atoms with Crippen LogP contribution in [0.5, 0.6) is 0 Å². The van der Waals surface area contributed by atoms with Crippen LogP contribution in [0.15, 0.2) is 46.9 Å². The molecule has 7 heteroatoms. The molecular formula is C25H32N4O3. The van der Waals surface area contributed by atoms with Crippen molar-refractivity contribution in [3.05, 3.63) is 53.6 Å². The molecule has 0 atom stereocenters. The largest absolute Gasteiger partial charge is 0.444 e. The lowest BCUT2D eigenvalue weighted by Crippen LogP contribution is -2.39. The summed E-state index contributed by atoms with van der Waals surface area (Å²) in [6.45, 7) is 10.2. The molecule has 2 heterocycles. The number of fused-ring (bicyclic) bond motifs is 1. The summed E-state index contributed by atoms with van der Waals surface area (Å²) in [6.07, 6.45) is 0.699. The summed E-state index contributed by atoms with van der Waals surface area (Å²) < 4.78 is 11.5. The van der Waals surface area contributed by atoms with Crippen LogP contribution in [0.25, 0.3) is 22.6 Å². The number of carbonyl (C=O) groups is 1. The summed E-state index contributed by atoms with van der Waals surface area (Å²) in [6, 6.07) is 14.1. The average molecular weight is 437 g/mol. The predicted molar refractivity (Wildman–Crippen MR) is 125 cm³/mol. The molecule has 1 aliphatic rings. The van der Waals surface area contributed by atoms with Crippen molar-refractivity contribution in [3.8, 4) is 11.5 Å². The maximum atomic E-state index is 12.4. The highest BCUT2D eigenvalue weighted by Gasteiger charge is 2.24. The highest BCUT2D eigenvalue weighted by Crippen LogP contribution is 2.26. The summed E-state index contributed by atoms with van der Waals surface area (Å²) in [7, 11) is 0. The highest BCUT2D eigenvalue weighted by molar-refractivity contribution is 5.77. The van der Waals surface area contributed by atoms with Crippen LogP contribution in [-0.2, 0) is 17.8 Å². The van der Waals surface area contributed by atoms with Gasteiger partial charge in [0.25, 0.3) is 0 Å². The summed E-state index contributed by atoms with van der Waals surface area (Å²) in [5.74, 6) is 0.614. The second-order valence-corrected chi connectivity index (χ2v) is 9.32. The predicted octanol–water partition coefficient (Wildman–Crippen LogP) is 4.40. The topological polar surface area (TPSA) is 84.8 Å². The average Bonchev–Trinajstić information content (AvgIpc) is 3.03. The van der Waals surface area contributed by atoms with Gasteiger partial charge in [0, 0.05) is 44.8 Å². The molecule has 4 rings (SSSR count). The SMILES string of the molecule is CC(C)(C)OC(=O)N1CCCN(Cc2ccc3oc(-c4ccc(CN)cc4)nc3c2)CC1. The Balaban J connectivity index is 1.41. The number of carbonyl (C=O) groups excluding carboxylic acids is 1. The zero-order chi connectivity index (χ0) is 22.7. The Morgan fingerprint density at radius 1 is 1.06 bits per heavy atom. The van der Waals surface area contributed by atoms with Gasteiger partial charge in [-0.2, -0.15) is 0 Å². The van der Waals surface area contributed by atoms with Gasteiger partial charge in [-0.25, -0.2) is 9.78 Å². The van der Waals surface area contributed by atoms with Gasteiger partial charge < -0.3 is 19.8 Å². The summed E-state index contributed by atoms with van der Waals surface area (Å²) in [5.41, 5.74) is 10.0. The van der Waals surface area contributed by atoms with E-state index >= 15 is 0 Å². The Morgan fingerprint density at radius 3 is 2.53 bits per heavy atom. The molecule has 1 fully saturated rings. The van der Waals surface area contributed by atoms with Crippen molar-refractivity contribution in [2.75, 3.05) is 26.2 Å². The van der Waals surface area contributed by atoms with E-state index in [4.69, 9.17) is 19.9 Å². The normalized spacial score (nSPS) is 15.7. The minimum atomic E-state index is -0.471. The molecule has 2 aromatic carbocycles. The molecule has 0 spiro atoms. The third-order valence-corrected chi connectivity index (χ3v) is 5.53. The first kappa shape index (κ1) is 22.3. The lowest BCUT2D eigenvalue weighted by atomic mass is 10.1. The number of amides is 1. The zero-order valence-corrected chi connectivity index (χ0v) is 19.1. The minimum Gasteiger partial charge on any atom is -0.444 e. The Labute approximate surface area is 189 Å². The number of nitrogens with zero attached hydrogens (tertiary/aromatic N) is 3. The van der Waals surface area contributed by atoms with Crippen molar-refractivity contribution in [3.63, 3.8) is 0 Å². The van der Waals surface area contributed by atoms with Crippen LogP contribution in [0.4, 0.5) is 4.79 Å². The minimum absolute atomic E-state index is 0.226. The Kier molecular flexibility index (Phi) is 6.48. The number of hydrogen-bond acceptors (Lipinski definition) is 6. The van der Waals surface area contributed by atoms with Crippen LogP contribution >= 0.6 is 0 Å². The van der Waals surface area contributed by atoms with E-state index in [0.29, 0.717) is 19.0 Å². The van der Waals surface area contributed by atoms with Crippen molar-refractivity contribution in [2.24, 2.45) is 5.73 Å². The molecule has 170 valence electrons. The van der Waals surface area contributed by atoms with Crippen LogP contribution in [0, 0.1) is 0 Å². The number of hydrogen-bond donors (Lipinski definition) is 1. The van der Waals surface area contributed by atoms with Gasteiger partial charge in [-0.05, 0) is 62.6 Å². The monoisotopic (exact) mass is 436 g/mol. The summed E-state index contributed by atoms with van der Waals surface area (Å²) >= 11 is 0. The van der Waals surface area contributed by atoms with Crippen molar-refractivity contribution in [1.82, 2.24) is 14.8 Å². The van der Waals surface area contributed by atoms with E-state index in [1.54, 1.807) is 0 Å². The van der Waals surface area contributed by atoms with Gasteiger partial charge in [-0.15, -0.1) is 0 Å². The number of rotatable bonds is 4. The van der Waals surface area contributed by atoms with Crippen molar-refractivity contribution < 1.29 is 13.9 Å². The third-order valence-electron chi connectivity index (χ3n) is 5.53. The smallest absolute Gasteiger partial charge is 0.410 e. The fourth-order valence-corrected chi connectivity index (χ4v) is 3.87. The first-order valence-electron chi connectivity index (χ1n) is 11.2. The summed E-state index contributed by atoms with van der Waals surface area (Å²) in [5, 5.41) is 0. The van der Waals surface area contributed by atoms with Gasteiger partial charge in [-0.1, -0.05) is 18.2 Å². The van der Waals surface area contributed by atoms with Gasteiger partial charge in [0.1, 0.15) is 11.1 Å². The van der Waals surface area contributed by atoms with E-state index in [9.17, 15) is 4.79 Å². The van der Waals surface area contributed by atoms with Crippen LogP contribution in [-0.4, -0.2) is 52.7 Å². The number of benzene rings is 2. The number of oxazole rings is 1. The molecule has 0 bridgehead atoms. The fraction of sp³-hybridized carbons (Fsp3) is 0.440. The molecule has 1 amide bonds. The lowest BCUT2D eigenvalue weighted by molar-refractivity contribution is 0.0257. The van der Waals surface area contributed by atoms with Crippen LogP contribution < -0.4 is 5.73 Å². The number of nitrogens with two attached hydrogens (primary N) is 1. The molecule has 1 saturated heterocycles. The third kappa shape index (κ3) is 5.47. The molecule has 7 nitrogen and oxygen atoms in total. The molecule has 1 aliphatic heterocycles. The van der Waals surface area contributed by atoms with Crippen LogP contribution in [0.3, 0.4) is 0 Å². The van der Waals surface area contributed by atoms with E-state index in [0.717, 1.165) is 54.8 Å². The van der Waals surface area contributed by atoms with Crippen molar-refractivity contribution >= 4 is 17.2 Å². The molecule has 3 aromatic rings. The molecule has 0 aliphatic carbocycles. The lowest BCUT2D eigenvalue weighted by Gasteiger charge is -2.26. The van der Waals surface area contributed by atoms with Crippen molar-refractivity contribution in [2.45, 2.75) is 45.9 Å². The molecule has 32 heavy (non-hydrogen) atoms. The maximum absolute atomic E-state index is 12.4. The van der Waals surface area contributed by atoms with Crippen molar-refractivity contribution in [1.29, 1.82) is 0 Å². The van der Waals surface area contributed by atoms with Gasteiger partial charge in [0.2, 0.25) is 5.89 Å². The number of aromatic nitrogens is 1. The molecular weight excluding hydrogens is 404 g/mol. The second-order valence-electron chi connectivity index (χ2n) is 9.32. The zero-order valence-electron chi connectivity index (χ0n) is 19.1. The first-order chi connectivity index (χ1) is 15.3. The van der Waals surface area contributed by atoms with E-state index in [2.05, 4.69) is 17.0 Å². The van der Waals surface area contributed by atoms with E-state index in [-0.39, 0.29) is 6.09 Å². The second kappa shape index (κ2) is 9.30. The van der Waals surface area contributed by atoms with Gasteiger partial charge >= 0.3 is 6.09 Å². The van der Waals surface area contributed by atoms with Crippen LogP contribution in [0.2, 0.25) is 0 Å². The van der Waals surface area contributed by atoms with E-state index < -0.39 is 5.60 Å². The van der Waals surface area contributed by atoms with Gasteiger partial charge in [-0.3, -0.25) is 4.90 Å². The Bertz CT molecular complexity index is 1070. The highest BCUT2D eigenvalue weighted by atomic mass is 16.6. The fourth-order valence-electron chi connectivity index (χ4n) is 3.87. The van der Waals surface area contributed by atoms with Gasteiger partial charge in [0.15, 0.2) is 5.58 Å². The molecule has 0 unspecified atom stereocenters. The first-order valence-corrected chi connectivity index (χ1v) is 11.2. The quantitative estimate of drug-likeness (QED) is 0.653. The summed E-state index contributed by atoms with van der Waals surface area (Å²) in [4.78, 5) is 21.3. The van der Waals surface area contributed by atoms with E-state index in [1.165, 1.54) is 5.56 Å².